The van der Waals surface area contributed by atoms with Crippen molar-refractivity contribution in [2.75, 3.05) is 6.54 Å². The number of rotatable bonds is 3. The van der Waals surface area contributed by atoms with Gasteiger partial charge in [-0.3, -0.25) is 10.2 Å². The Bertz CT molecular complexity index is 454. The third-order valence-electron chi connectivity index (χ3n) is 3.52. The highest BCUT2D eigenvalue weighted by Crippen LogP contribution is 2.19. The SMILES string of the molecule is CC(C)(C)OC(=O)N1CCCCC1NCc1ccccc1. The van der Waals surface area contributed by atoms with Crippen LogP contribution < -0.4 is 5.32 Å². The quantitative estimate of drug-likeness (QED) is 0.926. The van der Waals surface area contributed by atoms with Crippen molar-refractivity contribution in [3.63, 3.8) is 0 Å². The van der Waals surface area contributed by atoms with E-state index in [1.54, 1.807) is 0 Å². The summed E-state index contributed by atoms with van der Waals surface area (Å²) in [5, 5.41) is 3.48. The van der Waals surface area contributed by atoms with E-state index in [1.807, 2.05) is 43.9 Å². The number of nitrogens with zero attached hydrogens (tertiary/aromatic N) is 1. The first-order chi connectivity index (χ1) is 9.96. The molecule has 1 unspecified atom stereocenters. The normalized spacial score (nSPS) is 19.4. The van der Waals surface area contributed by atoms with E-state index in [0.29, 0.717) is 0 Å². The smallest absolute Gasteiger partial charge is 0.411 e. The fraction of sp³-hybridized carbons (Fsp3) is 0.588. The number of carbonyl (C=O) groups excluding carboxylic acids is 1. The number of amides is 1. The molecule has 2 rings (SSSR count). The van der Waals surface area contributed by atoms with Crippen molar-refractivity contribution in [2.45, 2.75) is 58.3 Å². The topological polar surface area (TPSA) is 41.6 Å². The van der Waals surface area contributed by atoms with Gasteiger partial charge in [-0.05, 0) is 45.6 Å². The van der Waals surface area contributed by atoms with Gasteiger partial charge < -0.3 is 4.74 Å². The molecule has 21 heavy (non-hydrogen) atoms. The minimum Gasteiger partial charge on any atom is -0.444 e. The third-order valence-corrected chi connectivity index (χ3v) is 3.52. The number of piperidine rings is 1. The summed E-state index contributed by atoms with van der Waals surface area (Å²) in [6, 6.07) is 10.3. The second kappa shape index (κ2) is 6.94. The average Bonchev–Trinajstić information content (AvgIpc) is 2.45. The Morgan fingerprint density at radius 3 is 2.67 bits per heavy atom. The minimum atomic E-state index is -0.446. The molecular formula is C17H26N2O2. The fourth-order valence-corrected chi connectivity index (χ4v) is 2.51. The molecule has 1 N–H and O–H groups in total. The summed E-state index contributed by atoms with van der Waals surface area (Å²) in [5.41, 5.74) is 0.783. The van der Waals surface area contributed by atoms with Crippen LogP contribution in [-0.4, -0.2) is 29.3 Å². The summed E-state index contributed by atoms with van der Waals surface area (Å²) in [7, 11) is 0. The maximum Gasteiger partial charge on any atom is 0.411 e. The van der Waals surface area contributed by atoms with E-state index in [1.165, 1.54) is 5.56 Å². The highest BCUT2D eigenvalue weighted by Gasteiger charge is 2.29. The van der Waals surface area contributed by atoms with Crippen LogP contribution >= 0.6 is 0 Å². The lowest BCUT2D eigenvalue weighted by Gasteiger charge is -2.37. The van der Waals surface area contributed by atoms with Crippen molar-refractivity contribution in [1.29, 1.82) is 0 Å². The number of nitrogens with one attached hydrogen (secondary N) is 1. The summed E-state index contributed by atoms with van der Waals surface area (Å²) in [6.07, 6.45) is 3.02. The van der Waals surface area contributed by atoms with Gasteiger partial charge >= 0.3 is 6.09 Å². The molecule has 1 aromatic carbocycles. The Kier molecular flexibility index (Phi) is 5.23. The largest absolute Gasteiger partial charge is 0.444 e. The Hall–Kier alpha value is -1.55. The van der Waals surface area contributed by atoms with E-state index in [0.717, 1.165) is 32.4 Å². The van der Waals surface area contributed by atoms with Gasteiger partial charge in [-0.25, -0.2) is 4.79 Å². The van der Waals surface area contributed by atoms with Crippen LogP contribution in [0.2, 0.25) is 0 Å². The maximum absolute atomic E-state index is 12.3. The molecule has 1 aliphatic rings. The molecule has 1 atom stereocenters. The molecule has 1 fully saturated rings. The maximum atomic E-state index is 12.3. The Balaban J connectivity index is 1.94. The molecule has 0 saturated carbocycles. The average molecular weight is 290 g/mol. The standard InChI is InChI=1S/C17H26N2O2/c1-17(2,3)21-16(20)19-12-8-7-11-15(19)18-13-14-9-5-4-6-10-14/h4-6,9-10,15,18H,7-8,11-13H2,1-3H3. The summed E-state index contributed by atoms with van der Waals surface area (Å²) in [6.45, 7) is 7.25. The lowest BCUT2D eigenvalue weighted by molar-refractivity contribution is 0.00512. The first-order valence-electron chi connectivity index (χ1n) is 7.73. The van der Waals surface area contributed by atoms with Crippen molar-refractivity contribution >= 4 is 6.09 Å². The van der Waals surface area contributed by atoms with Crippen LogP contribution in [0.1, 0.15) is 45.6 Å². The Morgan fingerprint density at radius 1 is 1.29 bits per heavy atom. The van der Waals surface area contributed by atoms with Crippen molar-refractivity contribution in [3.05, 3.63) is 35.9 Å². The van der Waals surface area contributed by atoms with Crippen LogP contribution in [0.3, 0.4) is 0 Å². The fourth-order valence-electron chi connectivity index (χ4n) is 2.51. The van der Waals surface area contributed by atoms with Crippen LogP contribution in [0.5, 0.6) is 0 Å². The molecule has 4 heteroatoms. The second-order valence-corrected chi connectivity index (χ2v) is 6.55. The molecule has 116 valence electrons. The molecule has 1 aliphatic heterocycles. The molecule has 1 amide bonds. The Labute approximate surface area is 127 Å². The zero-order chi connectivity index (χ0) is 15.3. The molecule has 4 nitrogen and oxygen atoms in total. The molecule has 0 aromatic heterocycles. The summed E-state index contributed by atoms with van der Waals surface area (Å²) in [5.74, 6) is 0. The number of likely N-dealkylation sites (tertiary alicyclic amines) is 1. The highest BCUT2D eigenvalue weighted by molar-refractivity contribution is 5.68. The molecule has 0 bridgehead atoms. The number of hydrogen-bond acceptors (Lipinski definition) is 3. The van der Waals surface area contributed by atoms with Gasteiger partial charge in [0.2, 0.25) is 0 Å². The third kappa shape index (κ3) is 5.05. The van der Waals surface area contributed by atoms with Gasteiger partial charge in [0, 0.05) is 13.1 Å². The summed E-state index contributed by atoms with van der Waals surface area (Å²) in [4.78, 5) is 14.1. The molecule has 0 spiro atoms. The molecule has 0 radical (unpaired) electrons. The van der Waals surface area contributed by atoms with Crippen molar-refractivity contribution < 1.29 is 9.53 Å². The first kappa shape index (κ1) is 15.8. The van der Waals surface area contributed by atoms with Crippen LogP contribution in [0.4, 0.5) is 4.79 Å². The van der Waals surface area contributed by atoms with Gasteiger partial charge in [0.25, 0.3) is 0 Å². The zero-order valence-electron chi connectivity index (χ0n) is 13.3. The number of ether oxygens (including phenoxy) is 1. The van der Waals surface area contributed by atoms with Gasteiger partial charge in [0.1, 0.15) is 5.60 Å². The second-order valence-electron chi connectivity index (χ2n) is 6.55. The van der Waals surface area contributed by atoms with Gasteiger partial charge in [-0.15, -0.1) is 0 Å². The van der Waals surface area contributed by atoms with Crippen LogP contribution in [-0.2, 0) is 11.3 Å². The van der Waals surface area contributed by atoms with Crippen molar-refractivity contribution in [3.8, 4) is 0 Å². The molecule has 1 heterocycles. The van der Waals surface area contributed by atoms with Gasteiger partial charge in [-0.1, -0.05) is 30.3 Å². The first-order valence-corrected chi connectivity index (χ1v) is 7.73. The number of carbonyl (C=O) groups is 1. The van der Waals surface area contributed by atoms with E-state index in [9.17, 15) is 4.79 Å². The van der Waals surface area contributed by atoms with E-state index in [2.05, 4.69) is 17.4 Å². The molecule has 1 saturated heterocycles. The van der Waals surface area contributed by atoms with Crippen LogP contribution in [0, 0.1) is 0 Å². The van der Waals surface area contributed by atoms with Crippen LogP contribution in [0.25, 0.3) is 0 Å². The van der Waals surface area contributed by atoms with E-state index >= 15 is 0 Å². The van der Waals surface area contributed by atoms with E-state index in [4.69, 9.17) is 4.74 Å². The van der Waals surface area contributed by atoms with E-state index < -0.39 is 5.60 Å². The molecule has 1 aromatic rings. The zero-order valence-corrected chi connectivity index (χ0v) is 13.3. The Morgan fingerprint density at radius 2 is 2.00 bits per heavy atom. The van der Waals surface area contributed by atoms with Crippen molar-refractivity contribution in [1.82, 2.24) is 10.2 Å². The van der Waals surface area contributed by atoms with Gasteiger partial charge in [0.05, 0.1) is 6.17 Å². The van der Waals surface area contributed by atoms with Gasteiger partial charge in [0.15, 0.2) is 0 Å². The summed E-state index contributed by atoms with van der Waals surface area (Å²) < 4.78 is 5.51. The highest BCUT2D eigenvalue weighted by atomic mass is 16.6. The lowest BCUT2D eigenvalue weighted by atomic mass is 10.1. The number of benzene rings is 1. The van der Waals surface area contributed by atoms with Crippen molar-refractivity contribution in [2.24, 2.45) is 0 Å². The summed E-state index contributed by atoms with van der Waals surface area (Å²) >= 11 is 0. The predicted octanol–water partition coefficient (Wildman–Crippen LogP) is 3.52. The molecular weight excluding hydrogens is 264 g/mol. The van der Waals surface area contributed by atoms with Gasteiger partial charge in [-0.2, -0.15) is 0 Å². The van der Waals surface area contributed by atoms with E-state index in [-0.39, 0.29) is 12.3 Å². The van der Waals surface area contributed by atoms with Crippen LogP contribution in [0.15, 0.2) is 30.3 Å². The monoisotopic (exact) mass is 290 g/mol. The molecule has 0 aliphatic carbocycles. The minimum absolute atomic E-state index is 0.0637. The number of hydrogen-bond donors (Lipinski definition) is 1. The predicted molar refractivity (Wildman–Crippen MR) is 83.9 cm³/mol. The lowest BCUT2D eigenvalue weighted by Crippen LogP contribution is -2.52.